The average Bonchev–Trinajstić information content (AvgIpc) is 2.62. The number of methoxy groups -OCH3 is 1. The zero-order valence-electron chi connectivity index (χ0n) is 13.2. The van der Waals surface area contributed by atoms with E-state index in [0.717, 1.165) is 10.8 Å². The number of hydrogen-bond acceptors (Lipinski definition) is 4. The van der Waals surface area contributed by atoms with E-state index in [1.807, 2.05) is 24.3 Å². The van der Waals surface area contributed by atoms with Crippen LogP contribution < -0.4 is 4.72 Å². The van der Waals surface area contributed by atoms with Crippen LogP contribution in [0.1, 0.15) is 10.4 Å². The van der Waals surface area contributed by atoms with Gasteiger partial charge in [-0.1, -0.05) is 41.9 Å². The summed E-state index contributed by atoms with van der Waals surface area (Å²) in [7, 11) is -2.59. The zero-order valence-corrected chi connectivity index (χ0v) is 14.8. The van der Waals surface area contributed by atoms with Crippen molar-refractivity contribution in [2.45, 2.75) is 4.90 Å². The number of ether oxygens (including phenoxy) is 1. The minimum atomic E-state index is -3.81. The van der Waals surface area contributed by atoms with Gasteiger partial charge in [-0.15, -0.1) is 0 Å². The minimum absolute atomic E-state index is 0.0860. The maximum absolute atomic E-state index is 12.6. The number of sulfonamides is 1. The number of benzene rings is 3. The van der Waals surface area contributed by atoms with Crippen molar-refractivity contribution < 1.29 is 17.9 Å². The molecule has 5 nitrogen and oxygen atoms in total. The summed E-state index contributed by atoms with van der Waals surface area (Å²) < 4.78 is 32.3. The predicted octanol–water partition coefficient (Wildman–Crippen LogP) is 4.08. The molecule has 3 rings (SSSR count). The van der Waals surface area contributed by atoms with Gasteiger partial charge in [0.05, 0.1) is 22.6 Å². The van der Waals surface area contributed by atoms with Crippen molar-refractivity contribution in [1.29, 1.82) is 0 Å². The smallest absolute Gasteiger partial charge is 0.339 e. The fourth-order valence-electron chi connectivity index (χ4n) is 2.40. The SMILES string of the molecule is COC(=O)c1cc(NS(=O)(=O)c2ccc3ccccc3c2)ccc1Cl. The number of carbonyl (C=O) groups excluding carboxylic acids is 1. The summed E-state index contributed by atoms with van der Waals surface area (Å²) in [5.74, 6) is -0.642. The van der Waals surface area contributed by atoms with E-state index in [1.54, 1.807) is 12.1 Å². The maximum atomic E-state index is 12.6. The van der Waals surface area contributed by atoms with Crippen LogP contribution in [0.4, 0.5) is 5.69 Å². The largest absolute Gasteiger partial charge is 0.465 e. The van der Waals surface area contributed by atoms with Crippen LogP contribution in [0.25, 0.3) is 10.8 Å². The highest BCUT2D eigenvalue weighted by atomic mass is 35.5. The lowest BCUT2D eigenvalue weighted by Crippen LogP contribution is -2.13. The van der Waals surface area contributed by atoms with Crippen LogP contribution in [0, 0.1) is 0 Å². The first-order chi connectivity index (χ1) is 11.9. The van der Waals surface area contributed by atoms with Crippen LogP contribution in [-0.4, -0.2) is 21.5 Å². The Morgan fingerprint density at radius 3 is 2.44 bits per heavy atom. The lowest BCUT2D eigenvalue weighted by molar-refractivity contribution is 0.0601. The Morgan fingerprint density at radius 1 is 1.00 bits per heavy atom. The first-order valence-corrected chi connectivity index (χ1v) is 9.16. The lowest BCUT2D eigenvalue weighted by atomic mass is 10.1. The quantitative estimate of drug-likeness (QED) is 0.697. The zero-order chi connectivity index (χ0) is 18.0. The Kier molecular flexibility index (Phi) is 4.65. The Hall–Kier alpha value is -2.57. The topological polar surface area (TPSA) is 72.5 Å². The summed E-state index contributed by atoms with van der Waals surface area (Å²) in [4.78, 5) is 11.8. The van der Waals surface area contributed by atoms with Crippen LogP contribution in [0.5, 0.6) is 0 Å². The van der Waals surface area contributed by atoms with Gasteiger partial charge in [0, 0.05) is 5.69 Å². The molecule has 7 heteroatoms. The molecule has 0 saturated heterocycles. The molecule has 0 atom stereocenters. The number of nitrogens with one attached hydrogen (secondary N) is 1. The molecule has 0 fully saturated rings. The van der Waals surface area contributed by atoms with Crippen LogP contribution in [-0.2, 0) is 14.8 Å². The van der Waals surface area contributed by atoms with Crippen molar-refractivity contribution in [2.75, 3.05) is 11.8 Å². The summed E-state index contributed by atoms with van der Waals surface area (Å²) in [5.41, 5.74) is 0.306. The molecule has 3 aromatic carbocycles. The summed E-state index contributed by atoms with van der Waals surface area (Å²) >= 11 is 5.95. The second-order valence-corrected chi connectivity index (χ2v) is 7.39. The van der Waals surface area contributed by atoms with Gasteiger partial charge in [-0.25, -0.2) is 13.2 Å². The molecule has 3 aromatic rings. The van der Waals surface area contributed by atoms with Gasteiger partial charge in [0.15, 0.2) is 0 Å². The highest BCUT2D eigenvalue weighted by Crippen LogP contribution is 2.25. The standard InChI is InChI=1S/C18H14ClNO4S/c1-24-18(21)16-11-14(7-9-17(16)19)20-25(22,23)15-8-6-12-4-2-3-5-13(12)10-15/h2-11,20H,1H3. The highest BCUT2D eigenvalue weighted by molar-refractivity contribution is 7.92. The molecule has 0 saturated carbocycles. The van der Waals surface area contributed by atoms with E-state index in [2.05, 4.69) is 9.46 Å². The Balaban J connectivity index is 1.96. The van der Waals surface area contributed by atoms with Gasteiger partial charge in [0.1, 0.15) is 0 Å². The van der Waals surface area contributed by atoms with Crippen LogP contribution >= 0.6 is 11.6 Å². The van der Waals surface area contributed by atoms with Gasteiger partial charge < -0.3 is 4.74 Å². The molecule has 0 aliphatic rings. The summed E-state index contributed by atoms with van der Waals surface area (Å²) in [6.45, 7) is 0. The van der Waals surface area contributed by atoms with Crippen molar-refractivity contribution in [2.24, 2.45) is 0 Å². The first kappa shape index (κ1) is 17.3. The van der Waals surface area contributed by atoms with Crippen LogP contribution in [0.3, 0.4) is 0 Å². The number of halogens is 1. The molecule has 0 aromatic heterocycles. The second kappa shape index (κ2) is 6.74. The van der Waals surface area contributed by atoms with Gasteiger partial charge in [0.25, 0.3) is 10.0 Å². The monoisotopic (exact) mass is 375 g/mol. The van der Waals surface area contributed by atoms with E-state index in [4.69, 9.17) is 11.6 Å². The molecule has 0 spiro atoms. The van der Waals surface area contributed by atoms with Crippen molar-refractivity contribution in [1.82, 2.24) is 0 Å². The fourth-order valence-corrected chi connectivity index (χ4v) is 3.68. The van der Waals surface area contributed by atoms with Crippen molar-refractivity contribution in [3.05, 3.63) is 71.2 Å². The third-order valence-electron chi connectivity index (χ3n) is 3.66. The minimum Gasteiger partial charge on any atom is -0.465 e. The van der Waals surface area contributed by atoms with E-state index < -0.39 is 16.0 Å². The molecule has 0 aliphatic carbocycles. The normalized spacial score (nSPS) is 11.3. The number of hydrogen-bond donors (Lipinski definition) is 1. The predicted molar refractivity (Wildman–Crippen MR) is 97.5 cm³/mol. The van der Waals surface area contributed by atoms with Gasteiger partial charge in [-0.3, -0.25) is 4.72 Å². The van der Waals surface area contributed by atoms with Gasteiger partial charge in [0.2, 0.25) is 0 Å². The summed E-state index contributed by atoms with van der Waals surface area (Å²) in [6.07, 6.45) is 0. The molecule has 0 amide bonds. The molecule has 0 bridgehead atoms. The molecule has 0 unspecified atom stereocenters. The fraction of sp³-hybridized carbons (Fsp3) is 0.0556. The maximum Gasteiger partial charge on any atom is 0.339 e. The molecule has 1 N–H and O–H groups in total. The summed E-state index contributed by atoms with van der Waals surface area (Å²) in [5, 5.41) is 1.94. The highest BCUT2D eigenvalue weighted by Gasteiger charge is 2.17. The molecular weight excluding hydrogens is 362 g/mol. The third-order valence-corrected chi connectivity index (χ3v) is 5.36. The third kappa shape index (κ3) is 3.60. The Bertz CT molecular complexity index is 1060. The van der Waals surface area contributed by atoms with Crippen molar-refractivity contribution >= 4 is 44.1 Å². The van der Waals surface area contributed by atoms with E-state index in [-0.39, 0.29) is 21.2 Å². The van der Waals surface area contributed by atoms with Gasteiger partial charge in [-0.2, -0.15) is 0 Å². The molecular formula is C18H14ClNO4S. The number of esters is 1. The van der Waals surface area contributed by atoms with Crippen LogP contribution in [0.2, 0.25) is 5.02 Å². The molecule has 0 aliphatic heterocycles. The van der Waals surface area contributed by atoms with E-state index >= 15 is 0 Å². The lowest BCUT2D eigenvalue weighted by Gasteiger charge is -2.11. The molecule has 0 radical (unpaired) electrons. The Morgan fingerprint density at radius 2 is 1.72 bits per heavy atom. The number of fused-ring (bicyclic) bond motifs is 1. The number of anilines is 1. The van der Waals surface area contributed by atoms with Gasteiger partial charge >= 0.3 is 5.97 Å². The molecule has 0 heterocycles. The average molecular weight is 376 g/mol. The molecule has 128 valence electrons. The van der Waals surface area contributed by atoms with Gasteiger partial charge in [-0.05, 0) is 41.1 Å². The number of rotatable bonds is 4. The van der Waals surface area contributed by atoms with Crippen molar-refractivity contribution in [3.63, 3.8) is 0 Å². The van der Waals surface area contributed by atoms with E-state index in [0.29, 0.717) is 0 Å². The Labute approximate surface area is 150 Å². The van der Waals surface area contributed by atoms with E-state index in [1.165, 1.54) is 31.4 Å². The molecule has 25 heavy (non-hydrogen) atoms. The summed E-state index contributed by atoms with van der Waals surface area (Å²) in [6, 6.07) is 16.6. The van der Waals surface area contributed by atoms with Crippen molar-refractivity contribution in [3.8, 4) is 0 Å². The first-order valence-electron chi connectivity index (χ1n) is 7.30. The van der Waals surface area contributed by atoms with Crippen LogP contribution in [0.15, 0.2) is 65.6 Å². The van der Waals surface area contributed by atoms with E-state index in [9.17, 15) is 13.2 Å². The second-order valence-electron chi connectivity index (χ2n) is 5.30. The number of carbonyl (C=O) groups is 1.